The molecule has 3 atom stereocenters. The smallest absolute Gasteiger partial charge is 0.255 e. The van der Waals surface area contributed by atoms with E-state index in [1.54, 1.807) is 39.2 Å². The summed E-state index contributed by atoms with van der Waals surface area (Å²) in [6, 6.07) is 8.89. The summed E-state index contributed by atoms with van der Waals surface area (Å²) in [4.78, 5) is 15.5. The molecule has 0 spiro atoms. The lowest BCUT2D eigenvalue weighted by Gasteiger charge is -2.38. The molecule has 3 N–H and O–H groups in total. The van der Waals surface area contributed by atoms with Crippen LogP contribution in [0.1, 0.15) is 37.0 Å². The number of carbonyl (C=O) groups is 1. The lowest BCUT2D eigenvalue weighted by atomic mass is 10.0. The molecule has 1 fully saturated rings. The first kappa shape index (κ1) is 27.6. The number of piperidine rings is 1. The van der Waals surface area contributed by atoms with E-state index in [0.717, 1.165) is 25.9 Å². The standard InChI is InChI=1S/C27H33ClFN3O4/c1-4-6-18(2)36-25-16-23(30)22(28)15-21(25)27(33)31-24-11-13-32(17-26(24)34-3)12-5-14-35-20-9-7-19(29)8-10-20/h7-10,15-16,18,24,26H,5,11-14,17,30H2,1-3H3,(H,31,33)/t18-,24?,26?/m0/s1. The number of halogens is 2. The SMILES string of the molecule is CC#C[C@H](C)Oc1cc(N)c(Cl)cc1C(=O)NC1CCN(CCCOc2ccc(F)cc2)CC1OC. The molecule has 2 aromatic carbocycles. The van der Waals surface area contributed by atoms with Crippen molar-refractivity contribution in [1.29, 1.82) is 0 Å². The molecule has 1 amide bonds. The third-order valence-electron chi connectivity index (χ3n) is 5.96. The summed E-state index contributed by atoms with van der Waals surface area (Å²) >= 11 is 6.21. The van der Waals surface area contributed by atoms with Gasteiger partial charge in [0.1, 0.15) is 17.3 Å². The minimum Gasteiger partial charge on any atom is -0.494 e. The second-order valence-corrected chi connectivity index (χ2v) is 9.03. The third kappa shape index (κ3) is 7.76. The lowest BCUT2D eigenvalue weighted by molar-refractivity contribution is 0.00526. The maximum atomic E-state index is 13.2. The highest BCUT2D eigenvalue weighted by atomic mass is 35.5. The Balaban J connectivity index is 1.55. The molecule has 2 aromatic rings. The highest BCUT2D eigenvalue weighted by molar-refractivity contribution is 6.33. The van der Waals surface area contributed by atoms with Crippen molar-refractivity contribution >= 4 is 23.2 Å². The van der Waals surface area contributed by atoms with Crippen molar-refractivity contribution < 1.29 is 23.4 Å². The number of nitrogens with zero attached hydrogens (tertiary/aromatic N) is 1. The number of carbonyl (C=O) groups excluding carboxylic acids is 1. The van der Waals surface area contributed by atoms with Gasteiger partial charge >= 0.3 is 0 Å². The van der Waals surface area contributed by atoms with Crippen LogP contribution < -0.4 is 20.5 Å². The maximum absolute atomic E-state index is 13.2. The highest BCUT2D eigenvalue weighted by Gasteiger charge is 2.31. The number of anilines is 1. The summed E-state index contributed by atoms with van der Waals surface area (Å²) in [6.07, 6.45) is 0.942. The van der Waals surface area contributed by atoms with Crippen LogP contribution in [-0.2, 0) is 4.74 Å². The normalized spacial score (nSPS) is 18.6. The number of hydrogen-bond acceptors (Lipinski definition) is 6. The van der Waals surface area contributed by atoms with Crippen molar-refractivity contribution in [2.45, 2.75) is 44.9 Å². The van der Waals surface area contributed by atoms with E-state index in [1.807, 2.05) is 0 Å². The van der Waals surface area contributed by atoms with Crippen LogP contribution in [-0.4, -0.2) is 62.4 Å². The number of likely N-dealkylation sites (tertiary alicyclic amines) is 1. The second-order valence-electron chi connectivity index (χ2n) is 8.62. The average molecular weight is 518 g/mol. The van der Waals surface area contributed by atoms with Gasteiger partial charge in [-0.2, -0.15) is 0 Å². The van der Waals surface area contributed by atoms with E-state index < -0.39 is 6.10 Å². The van der Waals surface area contributed by atoms with Crippen LogP contribution in [0, 0.1) is 17.7 Å². The zero-order chi connectivity index (χ0) is 26.1. The number of methoxy groups -OCH3 is 1. The third-order valence-corrected chi connectivity index (χ3v) is 6.29. The number of amides is 1. The predicted molar refractivity (Wildman–Crippen MR) is 139 cm³/mol. The first-order chi connectivity index (χ1) is 17.3. The second kappa shape index (κ2) is 13.4. The van der Waals surface area contributed by atoms with Gasteiger partial charge in [-0.3, -0.25) is 4.79 Å². The molecule has 1 aliphatic heterocycles. The maximum Gasteiger partial charge on any atom is 0.255 e. The van der Waals surface area contributed by atoms with E-state index in [9.17, 15) is 9.18 Å². The van der Waals surface area contributed by atoms with Gasteiger partial charge in [0.2, 0.25) is 0 Å². The van der Waals surface area contributed by atoms with Crippen molar-refractivity contribution in [3.8, 4) is 23.3 Å². The molecule has 3 rings (SSSR count). The van der Waals surface area contributed by atoms with E-state index >= 15 is 0 Å². The van der Waals surface area contributed by atoms with Gasteiger partial charge in [0.05, 0.1) is 35.0 Å². The van der Waals surface area contributed by atoms with Crippen molar-refractivity contribution in [3.63, 3.8) is 0 Å². The Morgan fingerprint density at radius 3 is 2.78 bits per heavy atom. The van der Waals surface area contributed by atoms with Crippen LogP contribution in [0.2, 0.25) is 5.02 Å². The number of nitrogens with two attached hydrogens (primary N) is 1. The van der Waals surface area contributed by atoms with Crippen LogP contribution in [0.15, 0.2) is 36.4 Å². The minimum absolute atomic E-state index is 0.175. The zero-order valence-corrected chi connectivity index (χ0v) is 21.6. The molecule has 1 saturated heterocycles. The Labute approximate surface area is 217 Å². The fraction of sp³-hybridized carbons (Fsp3) is 0.444. The van der Waals surface area contributed by atoms with Gasteiger partial charge in [0, 0.05) is 32.8 Å². The van der Waals surface area contributed by atoms with E-state index in [2.05, 4.69) is 22.1 Å². The van der Waals surface area contributed by atoms with Gasteiger partial charge in [-0.25, -0.2) is 4.39 Å². The zero-order valence-electron chi connectivity index (χ0n) is 20.9. The van der Waals surface area contributed by atoms with Crippen LogP contribution in [0.25, 0.3) is 0 Å². The first-order valence-corrected chi connectivity index (χ1v) is 12.3. The van der Waals surface area contributed by atoms with E-state index in [0.29, 0.717) is 35.9 Å². The van der Waals surface area contributed by atoms with E-state index in [4.69, 9.17) is 31.5 Å². The van der Waals surface area contributed by atoms with Gasteiger partial charge in [0.15, 0.2) is 6.10 Å². The number of rotatable bonds is 10. The molecule has 7 nitrogen and oxygen atoms in total. The van der Waals surface area contributed by atoms with Crippen LogP contribution in [0.4, 0.5) is 10.1 Å². The van der Waals surface area contributed by atoms with Crippen LogP contribution >= 0.6 is 11.6 Å². The Hall–Kier alpha value is -2.99. The molecular weight excluding hydrogens is 485 g/mol. The van der Waals surface area contributed by atoms with Crippen LogP contribution in [0.5, 0.6) is 11.5 Å². The van der Waals surface area contributed by atoms with E-state index in [-0.39, 0.29) is 28.9 Å². The van der Waals surface area contributed by atoms with Crippen LogP contribution in [0.3, 0.4) is 0 Å². The Bertz CT molecular complexity index is 1090. The molecule has 0 radical (unpaired) electrons. The molecular formula is C27H33ClFN3O4. The van der Waals surface area contributed by atoms with E-state index in [1.165, 1.54) is 18.2 Å². The summed E-state index contributed by atoms with van der Waals surface area (Å²) < 4.78 is 30.2. The quantitative estimate of drug-likeness (QED) is 0.280. The predicted octanol–water partition coefficient (Wildman–Crippen LogP) is 4.14. The Morgan fingerprint density at radius 1 is 1.33 bits per heavy atom. The summed E-state index contributed by atoms with van der Waals surface area (Å²) in [5.41, 5.74) is 6.57. The monoisotopic (exact) mass is 517 g/mol. The van der Waals surface area contributed by atoms with Gasteiger partial charge < -0.3 is 30.2 Å². The van der Waals surface area contributed by atoms with Crippen molar-refractivity contribution in [2.24, 2.45) is 0 Å². The van der Waals surface area contributed by atoms with Gasteiger partial charge in [0.25, 0.3) is 5.91 Å². The van der Waals surface area contributed by atoms with Crippen molar-refractivity contribution in [2.75, 3.05) is 39.1 Å². The molecule has 0 bridgehead atoms. The fourth-order valence-corrected chi connectivity index (χ4v) is 4.27. The number of nitrogens with one attached hydrogen (secondary N) is 1. The van der Waals surface area contributed by atoms with Gasteiger partial charge in [-0.05, 0) is 57.0 Å². The Kier molecular flexibility index (Phi) is 10.2. The summed E-state index contributed by atoms with van der Waals surface area (Å²) in [6.45, 7) is 6.35. The number of nitrogen functional groups attached to an aromatic ring is 1. The molecule has 1 aliphatic rings. The molecule has 1 heterocycles. The number of ether oxygens (including phenoxy) is 3. The number of hydrogen-bond donors (Lipinski definition) is 2. The van der Waals surface area contributed by atoms with Crippen molar-refractivity contribution in [3.05, 3.63) is 52.8 Å². The molecule has 36 heavy (non-hydrogen) atoms. The highest BCUT2D eigenvalue weighted by Crippen LogP contribution is 2.30. The first-order valence-electron chi connectivity index (χ1n) is 11.9. The topological polar surface area (TPSA) is 86.0 Å². The summed E-state index contributed by atoms with van der Waals surface area (Å²) in [5.74, 6) is 6.08. The molecule has 0 aromatic heterocycles. The lowest BCUT2D eigenvalue weighted by Crippen LogP contribution is -2.55. The molecule has 0 saturated carbocycles. The van der Waals surface area contributed by atoms with Crippen molar-refractivity contribution in [1.82, 2.24) is 10.2 Å². The van der Waals surface area contributed by atoms with Gasteiger partial charge in [-0.1, -0.05) is 17.5 Å². The number of benzene rings is 2. The molecule has 2 unspecified atom stereocenters. The largest absolute Gasteiger partial charge is 0.494 e. The molecule has 194 valence electrons. The van der Waals surface area contributed by atoms with Gasteiger partial charge in [-0.15, -0.1) is 5.92 Å². The molecule has 9 heteroatoms. The summed E-state index contributed by atoms with van der Waals surface area (Å²) in [7, 11) is 1.64. The summed E-state index contributed by atoms with van der Waals surface area (Å²) in [5, 5.41) is 3.36. The fourth-order valence-electron chi connectivity index (χ4n) is 4.11. The Morgan fingerprint density at radius 2 is 2.08 bits per heavy atom. The molecule has 0 aliphatic carbocycles. The average Bonchev–Trinajstić information content (AvgIpc) is 2.85. The minimum atomic E-state index is -0.413.